The molecule has 3 aromatic rings. The van der Waals surface area contributed by atoms with Crippen LogP contribution in [-0.2, 0) is 6.42 Å². The van der Waals surface area contributed by atoms with Crippen LogP contribution < -0.4 is 5.56 Å². The van der Waals surface area contributed by atoms with E-state index in [4.69, 9.17) is 23.2 Å². The van der Waals surface area contributed by atoms with E-state index in [1.165, 1.54) is 22.3 Å². The molecule has 1 aromatic carbocycles. The van der Waals surface area contributed by atoms with Gasteiger partial charge in [0, 0.05) is 4.88 Å². The van der Waals surface area contributed by atoms with Gasteiger partial charge in [-0.2, -0.15) is 9.78 Å². The average Bonchev–Trinajstić information content (AvgIpc) is 2.94. The Bertz CT molecular complexity index is 930. The number of halogens is 2. The molecule has 7 heteroatoms. The minimum absolute atomic E-state index is 0.183. The first-order chi connectivity index (χ1) is 10.6. The molecule has 0 aliphatic heterocycles. The largest absolute Gasteiger partial charge is 0.282 e. The van der Waals surface area contributed by atoms with Gasteiger partial charge in [-0.1, -0.05) is 36.2 Å². The highest BCUT2D eigenvalue weighted by atomic mass is 35.5. The quantitative estimate of drug-likeness (QED) is 0.663. The average molecular weight is 352 g/mol. The fourth-order valence-electron chi connectivity index (χ4n) is 1.94. The summed E-state index contributed by atoms with van der Waals surface area (Å²) in [6, 6.07) is 7.01. The van der Waals surface area contributed by atoms with Crippen molar-refractivity contribution in [3.63, 3.8) is 0 Å². The van der Waals surface area contributed by atoms with Gasteiger partial charge in [0.1, 0.15) is 11.2 Å². The standard InChI is InChI=1S/C15H11Cl2N3OS/c1-2-10-6-11-14(22-10)18-8-20(15(11)21)19-7-9-3-4-12(16)13(17)5-9/h3-8H,2H2,1H3/b19-7-. The van der Waals surface area contributed by atoms with E-state index in [0.29, 0.717) is 15.4 Å². The predicted molar refractivity (Wildman–Crippen MR) is 92.7 cm³/mol. The van der Waals surface area contributed by atoms with Crippen LogP contribution in [0.3, 0.4) is 0 Å². The van der Waals surface area contributed by atoms with Crippen molar-refractivity contribution < 1.29 is 0 Å². The maximum atomic E-state index is 12.4. The molecule has 0 bridgehead atoms. The topological polar surface area (TPSA) is 47.2 Å². The Morgan fingerprint density at radius 1 is 1.32 bits per heavy atom. The summed E-state index contributed by atoms with van der Waals surface area (Å²) >= 11 is 13.3. The summed E-state index contributed by atoms with van der Waals surface area (Å²) < 4.78 is 1.22. The molecule has 0 saturated carbocycles. The summed E-state index contributed by atoms with van der Waals surface area (Å²) in [7, 11) is 0. The molecule has 0 aliphatic carbocycles. The molecule has 0 N–H and O–H groups in total. The van der Waals surface area contributed by atoms with Gasteiger partial charge in [-0.05, 0) is 30.2 Å². The van der Waals surface area contributed by atoms with Crippen molar-refractivity contribution in [2.24, 2.45) is 5.10 Å². The van der Waals surface area contributed by atoms with Crippen LogP contribution in [0.5, 0.6) is 0 Å². The molecule has 22 heavy (non-hydrogen) atoms. The second-order valence-electron chi connectivity index (χ2n) is 4.60. The van der Waals surface area contributed by atoms with Crippen LogP contribution in [0.15, 0.2) is 40.5 Å². The van der Waals surface area contributed by atoms with Gasteiger partial charge in [-0.15, -0.1) is 11.3 Å². The molecule has 0 unspecified atom stereocenters. The second-order valence-corrected chi connectivity index (χ2v) is 6.53. The van der Waals surface area contributed by atoms with Gasteiger partial charge in [-0.25, -0.2) is 4.98 Å². The van der Waals surface area contributed by atoms with E-state index >= 15 is 0 Å². The normalized spacial score (nSPS) is 11.6. The van der Waals surface area contributed by atoms with Crippen molar-refractivity contribution in [3.05, 3.63) is 61.4 Å². The van der Waals surface area contributed by atoms with E-state index in [1.807, 2.05) is 13.0 Å². The van der Waals surface area contributed by atoms with Crippen molar-refractivity contribution in [3.8, 4) is 0 Å². The molecule has 0 saturated heterocycles. The van der Waals surface area contributed by atoms with Gasteiger partial charge in [0.25, 0.3) is 5.56 Å². The summed E-state index contributed by atoms with van der Waals surface area (Å²) in [5.74, 6) is 0. The Labute approximate surface area is 140 Å². The van der Waals surface area contributed by atoms with Crippen LogP contribution in [0.1, 0.15) is 17.4 Å². The minimum Gasteiger partial charge on any atom is -0.267 e. The van der Waals surface area contributed by atoms with Gasteiger partial charge >= 0.3 is 0 Å². The third-order valence-corrected chi connectivity index (χ3v) is 5.04. The lowest BCUT2D eigenvalue weighted by molar-refractivity contribution is 0.818. The van der Waals surface area contributed by atoms with Crippen LogP contribution in [0, 0.1) is 0 Å². The summed E-state index contributed by atoms with van der Waals surface area (Å²) in [6.45, 7) is 2.05. The third-order valence-electron chi connectivity index (χ3n) is 3.11. The number of hydrogen-bond acceptors (Lipinski definition) is 4. The van der Waals surface area contributed by atoms with Gasteiger partial charge < -0.3 is 0 Å². The maximum Gasteiger partial charge on any atom is 0.282 e. The molecule has 0 radical (unpaired) electrons. The summed E-state index contributed by atoms with van der Waals surface area (Å²) in [6.07, 6.45) is 3.85. The highest BCUT2D eigenvalue weighted by Gasteiger charge is 2.07. The summed E-state index contributed by atoms with van der Waals surface area (Å²) in [5.41, 5.74) is 0.568. The molecule has 112 valence electrons. The third kappa shape index (κ3) is 2.92. The van der Waals surface area contributed by atoms with Crippen molar-refractivity contribution >= 4 is 51.0 Å². The van der Waals surface area contributed by atoms with Crippen molar-refractivity contribution in [1.29, 1.82) is 0 Å². The molecule has 0 atom stereocenters. The van der Waals surface area contributed by atoms with E-state index in [1.54, 1.807) is 24.4 Å². The number of thiophene rings is 1. The number of hydrogen-bond donors (Lipinski definition) is 0. The Hall–Kier alpha value is -1.69. The highest BCUT2D eigenvalue weighted by Crippen LogP contribution is 2.22. The van der Waals surface area contributed by atoms with Crippen LogP contribution >= 0.6 is 34.5 Å². The van der Waals surface area contributed by atoms with E-state index in [9.17, 15) is 4.79 Å². The zero-order valence-electron chi connectivity index (χ0n) is 11.6. The molecular weight excluding hydrogens is 341 g/mol. The predicted octanol–water partition coefficient (Wildman–Crippen LogP) is 4.21. The minimum atomic E-state index is -0.183. The number of benzene rings is 1. The number of aryl methyl sites for hydroxylation is 1. The van der Waals surface area contributed by atoms with Crippen LogP contribution in [0.4, 0.5) is 0 Å². The van der Waals surface area contributed by atoms with E-state index < -0.39 is 0 Å². The second kappa shape index (κ2) is 6.20. The van der Waals surface area contributed by atoms with E-state index in [2.05, 4.69) is 10.1 Å². The Balaban J connectivity index is 1.99. The molecule has 0 spiro atoms. The fraction of sp³-hybridized carbons (Fsp3) is 0.133. The number of aromatic nitrogens is 2. The monoisotopic (exact) mass is 351 g/mol. The van der Waals surface area contributed by atoms with Crippen molar-refractivity contribution in [2.75, 3.05) is 0 Å². The number of rotatable bonds is 3. The molecule has 3 rings (SSSR count). The molecule has 0 aliphatic rings. The van der Waals surface area contributed by atoms with Gasteiger partial charge in [0.05, 0.1) is 21.6 Å². The first-order valence-electron chi connectivity index (χ1n) is 6.58. The van der Waals surface area contributed by atoms with Crippen LogP contribution in [0.25, 0.3) is 10.2 Å². The van der Waals surface area contributed by atoms with Crippen molar-refractivity contribution in [1.82, 2.24) is 9.66 Å². The molecule has 0 amide bonds. The lowest BCUT2D eigenvalue weighted by Crippen LogP contribution is -2.16. The molecule has 4 nitrogen and oxygen atoms in total. The lowest BCUT2D eigenvalue weighted by atomic mass is 10.2. The smallest absolute Gasteiger partial charge is 0.267 e. The Morgan fingerprint density at radius 2 is 2.14 bits per heavy atom. The Morgan fingerprint density at radius 3 is 2.86 bits per heavy atom. The molecule has 0 fully saturated rings. The lowest BCUT2D eigenvalue weighted by Gasteiger charge is -1.99. The first-order valence-corrected chi connectivity index (χ1v) is 8.15. The van der Waals surface area contributed by atoms with E-state index in [-0.39, 0.29) is 5.56 Å². The molecule has 2 heterocycles. The first kappa shape index (κ1) is 15.2. The van der Waals surface area contributed by atoms with Crippen LogP contribution in [0.2, 0.25) is 10.0 Å². The van der Waals surface area contributed by atoms with Crippen LogP contribution in [-0.4, -0.2) is 15.9 Å². The zero-order valence-corrected chi connectivity index (χ0v) is 13.9. The Kier molecular flexibility index (Phi) is 4.29. The van der Waals surface area contributed by atoms with Gasteiger partial charge in [0.2, 0.25) is 0 Å². The highest BCUT2D eigenvalue weighted by molar-refractivity contribution is 7.18. The zero-order chi connectivity index (χ0) is 15.7. The summed E-state index contributed by atoms with van der Waals surface area (Å²) in [5, 5.41) is 5.66. The number of fused-ring (bicyclic) bond motifs is 1. The summed E-state index contributed by atoms with van der Waals surface area (Å²) in [4.78, 5) is 18.5. The number of nitrogens with zero attached hydrogens (tertiary/aromatic N) is 3. The molecule has 2 aromatic heterocycles. The van der Waals surface area contributed by atoms with Gasteiger partial charge in [-0.3, -0.25) is 4.79 Å². The maximum absolute atomic E-state index is 12.4. The fourth-order valence-corrected chi connectivity index (χ4v) is 3.17. The molecular formula is C15H11Cl2N3OS. The van der Waals surface area contributed by atoms with Gasteiger partial charge in [0.15, 0.2) is 0 Å². The van der Waals surface area contributed by atoms with Crippen molar-refractivity contribution in [2.45, 2.75) is 13.3 Å². The SMILES string of the molecule is CCc1cc2c(=O)n(/N=C\c3ccc(Cl)c(Cl)c3)cnc2s1. The van der Waals surface area contributed by atoms with E-state index in [0.717, 1.165) is 21.7 Å².